The molecular weight excluding hydrogens is 509 g/mol. The molecule has 208 valence electrons. The number of hydrogen-bond donors (Lipinski definition) is 1. The van der Waals surface area contributed by atoms with E-state index in [1.807, 2.05) is 19.1 Å². The third-order valence-electron chi connectivity index (χ3n) is 8.78. The lowest BCUT2D eigenvalue weighted by Crippen LogP contribution is -2.50. The molecule has 1 aliphatic carbocycles. The van der Waals surface area contributed by atoms with E-state index in [0.717, 1.165) is 42.6 Å². The smallest absolute Gasteiger partial charge is 0.487 e. The third kappa shape index (κ3) is 5.86. The fraction of sp³-hybridized carbons (Fsp3) is 0.533. The number of aliphatic carboxylic acids is 1. The normalized spacial score (nSPS) is 21.2. The first-order chi connectivity index (χ1) is 18.5. The zero-order chi connectivity index (χ0) is 27.9. The van der Waals surface area contributed by atoms with Crippen molar-refractivity contribution in [2.24, 2.45) is 11.8 Å². The van der Waals surface area contributed by atoms with E-state index < -0.39 is 18.2 Å². The number of alkyl halides is 3. The highest BCUT2D eigenvalue weighted by molar-refractivity contribution is 5.71. The molecule has 2 aliphatic heterocycles. The Hall–Kier alpha value is -3.25. The van der Waals surface area contributed by atoms with Gasteiger partial charge in [-0.25, -0.2) is 0 Å². The molecule has 9 heteroatoms. The standard InChI is InChI=1S/C30H33F3N2O4/c1-18(28(36)37)27(22-5-6-22)23-7-4-21-9-10-29(38-26(21)16-23)11-13-35(14-12-29)19(2)24-15-20(17-34)3-8-25(24)39-30(31,32)33/h3-4,7-8,15-16,18-19,22,27H,5-6,9-14H2,1-2H3,(H,36,37). The van der Waals surface area contributed by atoms with E-state index in [2.05, 4.69) is 21.8 Å². The van der Waals surface area contributed by atoms with Crippen LogP contribution in [0.1, 0.15) is 80.2 Å². The number of carboxylic acids is 1. The van der Waals surface area contributed by atoms with E-state index in [9.17, 15) is 28.3 Å². The van der Waals surface area contributed by atoms with Crippen LogP contribution in [-0.4, -0.2) is 41.0 Å². The fourth-order valence-corrected chi connectivity index (χ4v) is 6.33. The number of rotatable bonds is 7. The second kappa shape index (κ2) is 10.4. The maximum atomic E-state index is 13.0. The van der Waals surface area contributed by atoms with Gasteiger partial charge >= 0.3 is 12.3 Å². The number of ether oxygens (including phenoxy) is 2. The number of aryl methyl sites for hydroxylation is 1. The lowest BCUT2D eigenvalue weighted by atomic mass is 9.80. The fourth-order valence-electron chi connectivity index (χ4n) is 6.33. The summed E-state index contributed by atoms with van der Waals surface area (Å²) in [4.78, 5) is 13.9. The van der Waals surface area contributed by atoms with E-state index in [1.54, 1.807) is 6.92 Å². The summed E-state index contributed by atoms with van der Waals surface area (Å²) in [6, 6.07) is 11.8. The summed E-state index contributed by atoms with van der Waals surface area (Å²) in [5.41, 5.74) is 2.39. The van der Waals surface area contributed by atoms with Gasteiger partial charge in [0, 0.05) is 24.7 Å². The Morgan fingerprint density at radius 2 is 1.87 bits per heavy atom. The van der Waals surface area contributed by atoms with Crippen molar-refractivity contribution in [1.29, 1.82) is 5.26 Å². The first kappa shape index (κ1) is 27.3. The zero-order valence-corrected chi connectivity index (χ0v) is 22.1. The first-order valence-corrected chi connectivity index (χ1v) is 13.6. The van der Waals surface area contributed by atoms with Crippen LogP contribution in [0, 0.1) is 23.2 Å². The minimum atomic E-state index is -4.82. The largest absolute Gasteiger partial charge is 0.573 e. The van der Waals surface area contributed by atoms with E-state index in [-0.39, 0.29) is 28.9 Å². The van der Waals surface area contributed by atoms with E-state index in [1.165, 1.54) is 18.2 Å². The van der Waals surface area contributed by atoms with Crippen molar-refractivity contribution in [3.05, 3.63) is 58.7 Å². The van der Waals surface area contributed by atoms with Crippen LogP contribution in [0.2, 0.25) is 0 Å². The molecule has 1 spiro atoms. The zero-order valence-electron chi connectivity index (χ0n) is 22.1. The summed E-state index contributed by atoms with van der Waals surface area (Å²) in [6.07, 6.45) is 0.416. The van der Waals surface area contributed by atoms with Crippen LogP contribution in [0.5, 0.6) is 11.5 Å². The highest BCUT2D eigenvalue weighted by Gasteiger charge is 2.43. The average molecular weight is 543 g/mol. The number of piperidine rings is 1. The van der Waals surface area contributed by atoms with Crippen LogP contribution in [0.25, 0.3) is 0 Å². The summed E-state index contributed by atoms with van der Waals surface area (Å²) < 4.78 is 50.0. The molecule has 5 rings (SSSR count). The van der Waals surface area contributed by atoms with Gasteiger partial charge in [0.2, 0.25) is 0 Å². The van der Waals surface area contributed by atoms with Gasteiger partial charge in [0.15, 0.2) is 0 Å². The van der Waals surface area contributed by atoms with Gasteiger partial charge in [0.1, 0.15) is 17.1 Å². The molecule has 6 nitrogen and oxygen atoms in total. The number of carbonyl (C=O) groups is 1. The summed E-state index contributed by atoms with van der Waals surface area (Å²) >= 11 is 0. The van der Waals surface area contributed by atoms with E-state index in [0.29, 0.717) is 37.4 Å². The number of halogens is 3. The van der Waals surface area contributed by atoms with Crippen molar-refractivity contribution < 1.29 is 32.5 Å². The Labute approximate surface area is 226 Å². The van der Waals surface area contributed by atoms with E-state index >= 15 is 0 Å². The van der Waals surface area contributed by atoms with Crippen molar-refractivity contribution >= 4 is 5.97 Å². The molecule has 0 amide bonds. The molecule has 2 aromatic carbocycles. The second-order valence-corrected chi connectivity index (χ2v) is 11.3. The Kier molecular flexibility index (Phi) is 7.27. The first-order valence-electron chi connectivity index (χ1n) is 13.6. The van der Waals surface area contributed by atoms with Crippen LogP contribution < -0.4 is 9.47 Å². The highest BCUT2D eigenvalue weighted by Crippen LogP contribution is 2.49. The summed E-state index contributed by atoms with van der Waals surface area (Å²) in [7, 11) is 0. The minimum Gasteiger partial charge on any atom is -0.487 e. The summed E-state index contributed by atoms with van der Waals surface area (Å²) in [6.45, 7) is 4.86. The van der Waals surface area contributed by atoms with Crippen molar-refractivity contribution in [2.75, 3.05) is 13.1 Å². The quantitative estimate of drug-likeness (QED) is 0.425. The predicted molar refractivity (Wildman–Crippen MR) is 137 cm³/mol. The van der Waals surface area contributed by atoms with Crippen LogP contribution in [-0.2, 0) is 11.2 Å². The van der Waals surface area contributed by atoms with Gasteiger partial charge in [-0.15, -0.1) is 13.2 Å². The van der Waals surface area contributed by atoms with Gasteiger partial charge in [-0.3, -0.25) is 9.69 Å². The van der Waals surface area contributed by atoms with Gasteiger partial charge in [0.05, 0.1) is 17.6 Å². The summed E-state index contributed by atoms with van der Waals surface area (Å²) in [5.74, 6) is -0.357. The van der Waals surface area contributed by atoms with Crippen LogP contribution in [0.4, 0.5) is 13.2 Å². The molecule has 2 fully saturated rings. The number of carboxylic acid groups (broad SMARTS) is 1. The molecule has 0 radical (unpaired) electrons. The van der Waals surface area contributed by atoms with Crippen LogP contribution >= 0.6 is 0 Å². The van der Waals surface area contributed by atoms with Gasteiger partial charge in [-0.05, 0) is 92.7 Å². The molecule has 39 heavy (non-hydrogen) atoms. The number of nitrogens with zero attached hydrogens (tertiary/aromatic N) is 2. The molecule has 3 atom stereocenters. The molecule has 0 bridgehead atoms. The van der Waals surface area contributed by atoms with Gasteiger partial charge in [-0.1, -0.05) is 19.1 Å². The SMILES string of the molecule is CC(C(=O)O)C(c1ccc2c(c1)OC1(CC2)CCN(C(C)c2cc(C#N)ccc2OC(F)(F)F)CC1)C1CC1. The molecule has 1 saturated heterocycles. The number of nitriles is 1. The molecule has 1 N–H and O–H groups in total. The van der Waals surface area contributed by atoms with Crippen molar-refractivity contribution in [3.63, 3.8) is 0 Å². The molecule has 0 aromatic heterocycles. The van der Waals surface area contributed by atoms with Gasteiger partial charge in [0.25, 0.3) is 0 Å². The second-order valence-electron chi connectivity index (χ2n) is 11.3. The Morgan fingerprint density at radius 3 is 2.49 bits per heavy atom. The minimum absolute atomic E-state index is 0.0331. The molecule has 2 heterocycles. The average Bonchev–Trinajstić information content (AvgIpc) is 3.73. The van der Waals surface area contributed by atoms with Gasteiger partial charge in [-0.2, -0.15) is 5.26 Å². The van der Waals surface area contributed by atoms with Crippen LogP contribution in [0.3, 0.4) is 0 Å². The number of fused-ring (bicyclic) bond motifs is 1. The van der Waals surface area contributed by atoms with Gasteiger partial charge < -0.3 is 14.6 Å². The Balaban J connectivity index is 1.31. The predicted octanol–water partition coefficient (Wildman–Crippen LogP) is 6.59. The van der Waals surface area contributed by atoms with E-state index in [4.69, 9.17) is 4.74 Å². The lowest BCUT2D eigenvalue weighted by Gasteiger charge is -2.46. The molecule has 2 aromatic rings. The maximum Gasteiger partial charge on any atom is 0.573 e. The highest BCUT2D eigenvalue weighted by atomic mass is 19.4. The van der Waals surface area contributed by atoms with Crippen molar-refractivity contribution in [3.8, 4) is 17.6 Å². The van der Waals surface area contributed by atoms with Crippen molar-refractivity contribution in [1.82, 2.24) is 4.90 Å². The monoisotopic (exact) mass is 542 g/mol. The van der Waals surface area contributed by atoms with Crippen molar-refractivity contribution in [2.45, 2.75) is 76.3 Å². The van der Waals surface area contributed by atoms with Crippen LogP contribution in [0.15, 0.2) is 36.4 Å². The molecular formula is C30H33F3N2O4. The Bertz CT molecular complexity index is 1280. The Morgan fingerprint density at radius 1 is 1.15 bits per heavy atom. The lowest BCUT2D eigenvalue weighted by molar-refractivity contribution is -0.275. The third-order valence-corrected chi connectivity index (χ3v) is 8.78. The molecule has 3 aliphatic rings. The molecule has 1 saturated carbocycles. The number of hydrogen-bond acceptors (Lipinski definition) is 5. The number of benzene rings is 2. The topological polar surface area (TPSA) is 82.8 Å². The maximum absolute atomic E-state index is 13.0. The number of likely N-dealkylation sites (tertiary alicyclic amines) is 1. The summed E-state index contributed by atoms with van der Waals surface area (Å²) in [5, 5.41) is 19.0. The molecule has 3 unspecified atom stereocenters.